The summed E-state index contributed by atoms with van der Waals surface area (Å²) in [6.07, 6.45) is 0. The van der Waals surface area contributed by atoms with Crippen molar-refractivity contribution in [1.82, 2.24) is 15.5 Å². The van der Waals surface area contributed by atoms with Crippen LogP contribution in [0.25, 0.3) is 0 Å². The third-order valence-electron chi connectivity index (χ3n) is 3.23. The number of hydrogen-bond donors (Lipinski definition) is 2. The van der Waals surface area contributed by atoms with E-state index in [9.17, 15) is 4.79 Å². The van der Waals surface area contributed by atoms with E-state index in [0.29, 0.717) is 6.54 Å². The molecule has 0 fully saturated rings. The van der Waals surface area contributed by atoms with Gasteiger partial charge in [0.1, 0.15) is 0 Å². The first kappa shape index (κ1) is 19.9. The smallest absolute Gasteiger partial charge is 0.224 e. The standard InChI is InChI=1S/C16H27N3O.ClH/c1-13(10-17-3)16(20)18-14(2)11-19(4)12-15-8-6-5-7-9-15;/h5-9,13-14,17H,10-12H2,1-4H3,(H,18,20);1H. The first-order valence-corrected chi connectivity index (χ1v) is 7.20. The van der Waals surface area contributed by atoms with E-state index in [1.54, 1.807) is 0 Å². The summed E-state index contributed by atoms with van der Waals surface area (Å²) in [5.74, 6) is 0.113. The highest BCUT2D eigenvalue weighted by atomic mass is 35.5. The van der Waals surface area contributed by atoms with Crippen LogP contribution >= 0.6 is 12.4 Å². The summed E-state index contributed by atoms with van der Waals surface area (Å²) >= 11 is 0. The van der Waals surface area contributed by atoms with E-state index in [1.165, 1.54) is 5.56 Å². The normalized spacial score (nSPS) is 13.4. The van der Waals surface area contributed by atoms with Gasteiger partial charge in [-0.2, -0.15) is 0 Å². The van der Waals surface area contributed by atoms with Crippen molar-refractivity contribution in [3.05, 3.63) is 35.9 Å². The second kappa shape index (κ2) is 10.6. The minimum absolute atomic E-state index is 0. The lowest BCUT2D eigenvalue weighted by atomic mass is 10.1. The van der Waals surface area contributed by atoms with Gasteiger partial charge in [0, 0.05) is 31.6 Å². The highest BCUT2D eigenvalue weighted by Crippen LogP contribution is 2.03. The fraction of sp³-hybridized carbons (Fsp3) is 0.562. The molecule has 0 aromatic heterocycles. The summed E-state index contributed by atoms with van der Waals surface area (Å²) in [6, 6.07) is 10.5. The Bertz CT molecular complexity index is 400. The van der Waals surface area contributed by atoms with Gasteiger partial charge in [-0.25, -0.2) is 0 Å². The zero-order valence-corrected chi connectivity index (χ0v) is 14.2. The Morgan fingerprint density at radius 1 is 1.24 bits per heavy atom. The molecular weight excluding hydrogens is 286 g/mol. The van der Waals surface area contributed by atoms with E-state index in [4.69, 9.17) is 0 Å². The molecule has 0 saturated carbocycles. The van der Waals surface area contributed by atoms with Gasteiger partial charge in [-0.15, -0.1) is 12.4 Å². The number of nitrogens with one attached hydrogen (secondary N) is 2. The first-order valence-electron chi connectivity index (χ1n) is 7.20. The molecule has 2 N–H and O–H groups in total. The fourth-order valence-corrected chi connectivity index (χ4v) is 2.26. The molecule has 5 heteroatoms. The molecule has 0 aliphatic rings. The Hall–Kier alpha value is -1.10. The van der Waals surface area contributed by atoms with Crippen LogP contribution in [0.3, 0.4) is 0 Å². The molecule has 1 aromatic rings. The second-order valence-corrected chi connectivity index (χ2v) is 5.55. The van der Waals surface area contributed by atoms with Crippen molar-refractivity contribution in [3.8, 4) is 0 Å². The van der Waals surface area contributed by atoms with E-state index in [0.717, 1.165) is 13.1 Å². The molecule has 0 heterocycles. The number of carbonyl (C=O) groups excluding carboxylic acids is 1. The molecule has 0 bridgehead atoms. The molecular formula is C16H28ClN3O. The zero-order valence-electron chi connectivity index (χ0n) is 13.4. The summed E-state index contributed by atoms with van der Waals surface area (Å²) in [5.41, 5.74) is 1.29. The monoisotopic (exact) mass is 313 g/mol. The average Bonchev–Trinajstić information content (AvgIpc) is 2.39. The number of carbonyl (C=O) groups is 1. The number of rotatable bonds is 8. The topological polar surface area (TPSA) is 44.4 Å². The molecule has 1 rings (SSSR count). The van der Waals surface area contributed by atoms with Crippen LogP contribution in [0.15, 0.2) is 30.3 Å². The molecule has 0 aliphatic heterocycles. The minimum atomic E-state index is 0. The number of benzene rings is 1. The second-order valence-electron chi connectivity index (χ2n) is 5.55. The van der Waals surface area contributed by atoms with Gasteiger partial charge in [0.2, 0.25) is 5.91 Å². The van der Waals surface area contributed by atoms with Crippen molar-refractivity contribution >= 4 is 18.3 Å². The van der Waals surface area contributed by atoms with Crippen molar-refractivity contribution in [1.29, 1.82) is 0 Å². The molecule has 0 radical (unpaired) electrons. The van der Waals surface area contributed by atoms with Crippen LogP contribution in [0.4, 0.5) is 0 Å². The van der Waals surface area contributed by atoms with Crippen LogP contribution in [0.1, 0.15) is 19.4 Å². The summed E-state index contributed by atoms with van der Waals surface area (Å²) in [5, 5.41) is 6.08. The predicted molar refractivity (Wildman–Crippen MR) is 90.7 cm³/mol. The minimum Gasteiger partial charge on any atom is -0.352 e. The van der Waals surface area contributed by atoms with Crippen molar-refractivity contribution in [2.45, 2.75) is 26.4 Å². The van der Waals surface area contributed by atoms with Gasteiger partial charge >= 0.3 is 0 Å². The van der Waals surface area contributed by atoms with Crippen LogP contribution in [0.2, 0.25) is 0 Å². The molecule has 2 unspecified atom stereocenters. The molecule has 4 nitrogen and oxygen atoms in total. The lowest BCUT2D eigenvalue weighted by molar-refractivity contribution is -0.125. The Morgan fingerprint density at radius 3 is 2.43 bits per heavy atom. The van der Waals surface area contributed by atoms with Crippen molar-refractivity contribution < 1.29 is 4.79 Å². The SMILES string of the molecule is CNCC(C)C(=O)NC(C)CN(C)Cc1ccccc1.Cl. The van der Waals surface area contributed by atoms with E-state index in [2.05, 4.69) is 34.7 Å². The summed E-state index contributed by atoms with van der Waals surface area (Å²) in [6.45, 7) is 6.43. The number of hydrogen-bond acceptors (Lipinski definition) is 3. The number of nitrogens with zero attached hydrogens (tertiary/aromatic N) is 1. The van der Waals surface area contributed by atoms with Crippen LogP contribution in [-0.2, 0) is 11.3 Å². The third kappa shape index (κ3) is 8.05. The molecule has 0 saturated heterocycles. The summed E-state index contributed by atoms with van der Waals surface area (Å²) in [7, 11) is 3.94. The summed E-state index contributed by atoms with van der Waals surface area (Å²) < 4.78 is 0. The summed E-state index contributed by atoms with van der Waals surface area (Å²) in [4.78, 5) is 14.1. The van der Waals surface area contributed by atoms with E-state index in [1.807, 2.05) is 39.1 Å². The fourth-order valence-electron chi connectivity index (χ4n) is 2.26. The lowest BCUT2D eigenvalue weighted by Crippen LogP contribution is -2.44. The Kier molecular flexibility index (Phi) is 10.0. The van der Waals surface area contributed by atoms with Gasteiger partial charge in [-0.1, -0.05) is 37.3 Å². The van der Waals surface area contributed by atoms with Crippen molar-refractivity contribution in [2.75, 3.05) is 27.2 Å². The average molecular weight is 314 g/mol. The third-order valence-corrected chi connectivity index (χ3v) is 3.23. The maximum atomic E-state index is 11.9. The van der Waals surface area contributed by atoms with E-state index in [-0.39, 0.29) is 30.3 Å². The van der Waals surface area contributed by atoms with E-state index >= 15 is 0 Å². The van der Waals surface area contributed by atoms with Gasteiger partial charge in [0.05, 0.1) is 0 Å². The van der Waals surface area contributed by atoms with Gasteiger partial charge in [-0.3, -0.25) is 4.79 Å². The number of amides is 1. The van der Waals surface area contributed by atoms with Crippen LogP contribution in [-0.4, -0.2) is 44.0 Å². The maximum Gasteiger partial charge on any atom is 0.224 e. The largest absolute Gasteiger partial charge is 0.352 e. The quantitative estimate of drug-likeness (QED) is 0.770. The van der Waals surface area contributed by atoms with Crippen molar-refractivity contribution in [2.24, 2.45) is 5.92 Å². The van der Waals surface area contributed by atoms with Gasteiger partial charge in [0.25, 0.3) is 0 Å². The molecule has 120 valence electrons. The highest BCUT2D eigenvalue weighted by Gasteiger charge is 2.15. The Balaban J connectivity index is 0.00000400. The van der Waals surface area contributed by atoms with Crippen LogP contribution in [0, 0.1) is 5.92 Å². The Morgan fingerprint density at radius 2 is 1.86 bits per heavy atom. The van der Waals surface area contributed by atoms with Crippen LogP contribution in [0.5, 0.6) is 0 Å². The molecule has 0 spiro atoms. The lowest BCUT2D eigenvalue weighted by Gasteiger charge is -2.23. The highest BCUT2D eigenvalue weighted by molar-refractivity contribution is 5.85. The Labute approximate surface area is 134 Å². The van der Waals surface area contributed by atoms with E-state index < -0.39 is 0 Å². The predicted octanol–water partition coefficient (Wildman–Crippen LogP) is 1.90. The molecule has 1 amide bonds. The zero-order chi connectivity index (χ0) is 15.0. The van der Waals surface area contributed by atoms with Gasteiger partial charge < -0.3 is 15.5 Å². The molecule has 21 heavy (non-hydrogen) atoms. The van der Waals surface area contributed by atoms with Gasteiger partial charge in [-0.05, 0) is 26.6 Å². The van der Waals surface area contributed by atoms with Gasteiger partial charge in [0.15, 0.2) is 0 Å². The van der Waals surface area contributed by atoms with Crippen LogP contribution < -0.4 is 10.6 Å². The first-order chi connectivity index (χ1) is 9.52. The molecule has 1 aromatic carbocycles. The molecule has 0 aliphatic carbocycles. The van der Waals surface area contributed by atoms with Crippen molar-refractivity contribution in [3.63, 3.8) is 0 Å². The maximum absolute atomic E-state index is 11.9. The number of likely N-dealkylation sites (N-methyl/N-ethyl adjacent to an activating group) is 1. The number of halogens is 1. The molecule has 2 atom stereocenters.